The van der Waals surface area contributed by atoms with E-state index in [2.05, 4.69) is 5.43 Å². The highest BCUT2D eigenvalue weighted by atomic mass is 16.6. The molecule has 0 bridgehead atoms. The third-order valence-corrected chi connectivity index (χ3v) is 4.03. The number of nitrogens with zero attached hydrogens (tertiary/aromatic N) is 2. The van der Waals surface area contributed by atoms with E-state index >= 15 is 0 Å². The van der Waals surface area contributed by atoms with Gasteiger partial charge in [0.05, 0.1) is 4.92 Å². The van der Waals surface area contributed by atoms with Crippen molar-refractivity contribution in [3.8, 4) is 0 Å². The zero-order valence-electron chi connectivity index (χ0n) is 12.2. The summed E-state index contributed by atoms with van der Waals surface area (Å²) >= 11 is 0. The normalized spacial score (nSPS) is 22.0. The standard InChI is InChI=1S/C14H20N4O3/c1-9-5-3-6-10(2)17(9)14(19)11-7-4-8-12(16-15)13(11)18(20)21/h4,7-10,16H,3,5-6,15H2,1-2H3. The van der Waals surface area contributed by atoms with E-state index in [0.717, 1.165) is 19.3 Å². The first-order valence-electron chi connectivity index (χ1n) is 7.04. The number of anilines is 1. The summed E-state index contributed by atoms with van der Waals surface area (Å²) in [5, 5.41) is 11.3. The predicted molar refractivity (Wildman–Crippen MR) is 79.9 cm³/mol. The van der Waals surface area contributed by atoms with Crippen LogP contribution in [-0.4, -0.2) is 27.8 Å². The van der Waals surface area contributed by atoms with E-state index < -0.39 is 4.92 Å². The second-order valence-corrected chi connectivity index (χ2v) is 5.44. The summed E-state index contributed by atoms with van der Waals surface area (Å²) in [6.45, 7) is 3.95. The van der Waals surface area contributed by atoms with E-state index in [1.807, 2.05) is 13.8 Å². The zero-order chi connectivity index (χ0) is 15.6. The van der Waals surface area contributed by atoms with Gasteiger partial charge in [0, 0.05) is 12.1 Å². The second-order valence-electron chi connectivity index (χ2n) is 5.44. The van der Waals surface area contributed by atoms with Gasteiger partial charge in [-0.3, -0.25) is 20.8 Å². The van der Waals surface area contributed by atoms with E-state index in [9.17, 15) is 14.9 Å². The van der Waals surface area contributed by atoms with Crippen molar-refractivity contribution in [2.24, 2.45) is 5.84 Å². The van der Waals surface area contributed by atoms with Crippen molar-refractivity contribution >= 4 is 17.3 Å². The lowest BCUT2D eigenvalue weighted by molar-refractivity contribution is -0.384. The van der Waals surface area contributed by atoms with Crippen molar-refractivity contribution in [3.63, 3.8) is 0 Å². The molecule has 0 radical (unpaired) electrons. The van der Waals surface area contributed by atoms with Crippen molar-refractivity contribution in [3.05, 3.63) is 33.9 Å². The van der Waals surface area contributed by atoms with Crippen molar-refractivity contribution in [1.29, 1.82) is 0 Å². The number of nitrogen functional groups attached to an aromatic ring is 1. The molecule has 1 aromatic carbocycles. The van der Waals surface area contributed by atoms with Gasteiger partial charge in [-0.1, -0.05) is 6.07 Å². The largest absolute Gasteiger partial charge is 0.333 e. The molecule has 2 unspecified atom stereocenters. The fraction of sp³-hybridized carbons (Fsp3) is 0.500. The summed E-state index contributed by atoms with van der Waals surface area (Å²) in [6, 6.07) is 4.72. The van der Waals surface area contributed by atoms with Crippen LogP contribution in [0.3, 0.4) is 0 Å². The topological polar surface area (TPSA) is 102 Å². The number of nitro benzene ring substituents is 1. The van der Waals surface area contributed by atoms with Gasteiger partial charge in [0.25, 0.3) is 5.91 Å². The van der Waals surface area contributed by atoms with Gasteiger partial charge in [0.15, 0.2) is 0 Å². The van der Waals surface area contributed by atoms with Gasteiger partial charge in [-0.2, -0.15) is 0 Å². The average molecular weight is 292 g/mol. The molecular formula is C14H20N4O3. The highest BCUT2D eigenvalue weighted by Gasteiger charge is 2.34. The first kappa shape index (κ1) is 15.2. The van der Waals surface area contributed by atoms with Gasteiger partial charge in [-0.25, -0.2) is 0 Å². The van der Waals surface area contributed by atoms with Crippen LogP contribution in [0.4, 0.5) is 11.4 Å². The first-order valence-corrected chi connectivity index (χ1v) is 7.04. The monoisotopic (exact) mass is 292 g/mol. The Morgan fingerprint density at radius 3 is 2.52 bits per heavy atom. The number of para-hydroxylation sites is 1. The number of rotatable bonds is 3. The minimum absolute atomic E-state index is 0.0790. The number of hydrogen-bond donors (Lipinski definition) is 2. The maximum absolute atomic E-state index is 12.8. The average Bonchev–Trinajstić information content (AvgIpc) is 2.45. The number of nitrogens with two attached hydrogens (primary N) is 1. The van der Waals surface area contributed by atoms with Crippen molar-refractivity contribution in [2.45, 2.75) is 45.2 Å². The molecule has 114 valence electrons. The summed E-state index contributed by atoms with van der Waals surface area (Å²) in [6.07, 6.45) is 2.90. The van der Waals surface area contributed by atoms with Crippen LogP contribution in [0.2, 0.25) is 0 Å². The number of carbonyl (C=O) groups is 1. The minimum Gasteiger partial charge on any atom is -0.333 e. The van der Waals surface area contributed by atoms with E-state index in [-0.39, 0.29) is 34.9 Å². The number of hydrogen-bond acceptors (Lipinski definition) is 5. The Morgan fingerprint density at radius 2 is 2.00 bits per heavy atom. The number of likely N-dealkylation sites (tertiary alicyclic amines) is 1. The van der Waals surface area contributed by atoms with Gasteiger partial charge in [0.2, 0.25) is 0 Å². The van der Waals surface area contributed by atoms with Gasteiger partial charge in [0.1, 0.15) is 11.3 Å². The minimum atomic E-state index is -0.568. The Kier molecular flexibility index (Phi) is 4.42. The Hall–Kier alpha value is -2.15. The van der Waals surface area contributed by atoms with Crippen LogP contribution in [0.5, 0.6) is 0 Å². The lowest BCUT2D eigenvalue weighted by Gasteiger charge is -2.39. The molecule has 3 N–H and O–H groups in total. The molecule has 2 rings (SSSR count). The van der Waals surface area contributed by atoms with E-state index in [4.69, 9.17) is 5.84 Å². The molecule has 7 nitrogen and oxygen atoms in total. The number of nitrogens with one attached hydrogen (secondary N) is 1. The molecule has 0 aliphatic carbocycles. The van der Waals surface area contributed by atoms with Crippen LogP contribution in [0, 0.1) is 10.1 Å². The van der Waals surface area contributed by atoms with Crippen LogP contribution in [0.15, 0.2) is 18.2 Å². The molecule has 1 amide bonds. The maximum Gasteiger partial charge on any atom is 0.306 e. The molecule has 1 aliphatic rings. The van der Waals surface area contributed by atoms with Gasteiger partial charge in [-0.05, 0) is 45.2 Å². The van der Waals surface area contributed by atoms with E-state index in [0.29, 0.717) is 0 Å². The summed E-state index contributed by atoms with van der Waals surface area (Å²) in [5.74, 6) is 5.00. The molecule has 1 aliphatic heterocycles. The number of piperidine rings is 1. The second kappa shape index (κ2) is 6.09. The van der Waals surface area contributed by atoms with Crippen LogP contribution in [0.1, 0.15) is 43.5 Å². The molecule has 0 spiro atoms. The molecular weight excluding hydrogens is 272 g/mol. The van der Waals surface area contributed by atoms with Gasteiger partial charge >= 0.3 is 5.69 Å². The number of nitro groups is 1. The fourth-order valence-corrected chi connectivity index (χ4v) is 2.99. The molecule has 21 heavy (non-hydrogen) atoms. The molecule has 1 heterocycles. The molecule has 2 atom stereocenters. The van der Waals surface area contributed by atoms with Gasteiger partial charge in [-0.15, -0.1) is 0 Å². The van der Waals surface area contributed by atoms with Crippen LogP contribution in [-0.2, 0) is 0 Å². The molecule has 1 aromatic rings. The van der Waals surface area contributed by atoms with E-state index in [1.54, 1.807) is 11.0 Å². The number of carbonyl (C=O) groups excluding carboxylic acids is 1. The Bertz CT molecular complexity index is 551. The van der Waals surface area contributed by atoms with Crippen LogP contribution in [0.25, 0.3) is 0 Å². The lowest BCUT2D eigenvalue weighted by atomic mass is 9.96. The molecule has 0 aromatic heterocycles. The zero-order valence-corrected chi connectivity index (χ0v) is 12.2. The summed E-state index contributed by atoms with van der Waals surface area (Å²) in [4.78, 5) is 25.2. The highest BCUT2D eigenvalue weighted by Crippen LogP contribution is 2.32. The predicted octanol–water partition coefficient (Wildman–Crippen LogP) is 2.28. The summed E-state index contributed by atoms with van der Waals surface area (Å²) in [5.41, 5.74) is 2.24. The molecule has 0 saturated carbocycles. The quantitative estimate of drug-likeness (QED) is 0.505. The highest BCUT2D eigenvalue weighted by molar-refractivity contribution is 6.00. The van der Waals surface area contributed by atoms with Crippen molar-refractivity contribution in [1.82, 2.24) is 4.90 Å². The Morgan fingerprint density at radius 1 is 1.38 bits per heavy atom. The van der Waals surface area contributed by atoms with Gasteiger partial charge < -0.3 is 10.3 Å². The number of benzene rings is 1. The van der Waals surface area contributed by atoms with E-state index in [1.165, 1.54) is 12.1 Å². The van der Waals surface area contributed by atoms with Crippen LogP contribution >= 0.6 is 0 Å². The lowest BCUT2D eigenvalue weighted by Crippen LogP contribution is -2.47. The Balaban J connectivity index is 2.45. The maximum atomic E-state index is 12.8. The fourth-order valence-electron chi connectivity index (χ4n) is 2.99. The number of hydrazine groups is 1. The smallest absolute Gasteiger partial charge is 0.306 e. The summed E-state index contributed by atoms with van der Waals surface area (Å²) in [7, 11) is 0. The number of amides is 1. The van der Waals surface area contributed by atoms with Crippen molar-refractivity contribution < 1.29 is 9.72 Å². The molecule has 7 heteroatoms. The first-order chi connectivity index (χ1) is 9.97. The third kappa shape index (κ3) is 2.82. The third-order valence-electron chi connectivity index (χ3n) is 4.03. The van der Waals surface area contributed by atoms with Crippen molar-refractivity contribution in [2.75, 3.05) is 5.43 Å². The molecule has 1 fully saturated rings. The molecule has 1 saturated heterocycles. The van der Waals surface area contributed by atoms with Crippen LogP contribution < -0.4 is 11.3 Å². The summed E-state index contributed by atoms with van der Waals surface area (Å²) < 4.78 is 0. The SMILES string of the molecule is CC1CCCC(C)N1C(=O)c1cccc(NN)c1[N+](=O)[O-]. The Labute approximate surface area is 123 Å².